The molecule has 0 aromatic carbocycles. The minimum atomic E-state index is -0.756. The van der Waals surface area contributed by atoms with Crippen molar-refractivity contribution < 1.29 is 14.6 Å². The predicted molar refractivity (Wildman–Crippen MR) is 70.3 cm³/mol. The van der Waals surface area contributed by atoms with Crippen LogP contribution in [-0.2, 0) is 4.79 Å². The maximum absolute atomic E-state index is 11.1. The molecule has 2 rings (SSSR count). The number of carboxylic acid groups (broad SMARTS) is 1. The minimum Gasteiger partial charge on any atom is -0.481 e. The zero-order chi connectivity index (χ0) is 13.8. The summed E-state index contributed by atoms with van der Waals surface area (Å²) in [5, 5.41) is 9.13. The molecule has 0 unspecified atom stereocenters. The molecule has 1 N–H and O–H groups in total. The van der Waals surface area contributed by atoms with E-state index in [1.807, 2.05) is 18.7 Å². The Balaban J connectivity index is 2.08. The van der Waals surface area contributed by atoms with Gasteiger partial charge in [-0.2, -0.15) is 4.98 Å². The summed E-state index contributed by atoms with van der Waals surface area (Å²) in [6, 6.07) is 1.72. The van der Waals surface area contributed by atoms with Crippen LogP contribution in [0.3, 0.4) is 0 Å². The Labute approximate surface area is 112 Å². The van der Waals surface area contributed by atoms with Gasteiger partial charge < -0.3 is 14.7 Å². The van der Waals surface area contributed by atoms with Crippen LogP contribution >= 0.6 is 0 Å². The van der Waals surface area contributed by atoms with Crippen LogP contribution in [0.25, 0.3) is 0 Å². The lowest BCUT2D eigenvalue weighted by atomic mass is 9.99. The van der Waals surface area contributed by atoms with Gasteiger partial charge in [-0.3, -0.25) is 4.79 Å². The first-order chi connectivity index (χ1) is 9.11. The standard InChI is InChI=1S/C13H19N3O3/c1-3-6-19-11-4-5-14-13(15-11)16-7-9(2)10(8-16)12(17)18/h4-5,9-10H,3,6-8H2,1-2H3,(H,17,18)/t9-,10-/m1/s1. The average Bonchev–Trinajstić information content (AvgIpc) is 2.79. The summed E-state index contributed by atoms with van der Waals surface area (Å²) in [6.07, 6.45) is 2.56. The fraction of sp³-hybridized carbons (Fsp3) is 0.615. The fourth-order valence-electron chi connectivity index (χ4n) is 2.22. The zero-order valence-electron chi connectivity index (χ0n) is 11.2. The fourth-order valence-corrected chi connectivity index (χ4v) is 2.22. The second kappa shape index (κ2) is 5.86. The summed E-state index contributed by atoms with van der Waals surface area (Å²) >= 11 is 0. The van der Waals surface area contributed by atoms with Gasteiger partial charge in [0.1, 0.15) is 0 Å². The topological polar surface area (TPSA) is 75.5 Å². The van der Waals surface area contributed by atoms with Crippen molar-refractivity contribution in [2.24, 2.45) is 11.8 Å². The van der Waals surface area contributed by atoms with E-state index in [0.717, 1.165) is 6.42 Å². The summed E-state index contributed by atoms with van der Waals surface area (Å²) in [7, 11) is 0. The van der Waals surface area contributed by atoms with E-state index in [9.17, 15) is 4.79 Å². The molecule has 1 aliphatic rings. The van der Waals surface area contributed by atoms with Crippen molar-refractivity contribution in [1.82, 2.24) is 9.97 Å². The van der Waals surface area contributed by atoms with Crippen LogP contribution < -0.4 is 9.64 Å². The van der Waals surface area contributed by atoms with E-state index in [2.05, 4.69) is 9.97 Å². The summed E-state index contributed by atoms with van der Waals surface area (Å²) in [5.74, 6) is 0.0704. The number of nitrogens with zero attached hydrogens (tertiary/aromatic N) is 3. The highest BCUT2D eigenvalue weighted by atomic mass is 16.5. The molecule has 1 saturated heterocycles. The molecule has 104 valence electrons. The smallest absolute Gasteiger partial charge is 0.308 e. The van der Waals surface area contributed by atoms with Gasteiger partial charge in [0.25, 0.3) is 0 Å². The summed E-state index contributed by atoms with van der Waals surface area (Å²) in [6.45, 7) is 5.70. The van der Waals surface area contributed by atoms with Gasteiger partial charge in [-0.05, 0) is 12.3 Å². The highest BCUT2D eigenvalue weighted by Crippen LogP contribution is 2.26. The Kier molecular flexibility index (Phi) is 4.19. The lowest BCUT2D eigenvalue weighted by molar-refractivity contribution is -0.142. The van der Waals surface area contributed by atoms with Crippen molar-refractivity contribution in [3.63, 3.8) is 0 Å². The summed E-state index contributed by atoms with van der Waals surface area (Å²) in [5.41, 5.74) is 0. The Morgan fingerprint density at radius 3 is 3.00 bits per heavy atom. The van der Waals surface area contributed by atoms with Crippen molar-refractivity contribution in [3.8, 4) is 5.88 Å². The van der Waals surface area contributed by atoms with Gasteiger partial charge in [-0.1, -0.05) is 13.8 Å². The molecule has 1 aromatic rings. The predicted octanol–water partition coefficient (Wildman–Crippen LogP) is 1.42. The van der Waals surface area contributed by atoms with E-state index in [0.29, 0.717) is 31.5 Å². The zero-order valence-corrected chi connectivity index (χ0v) is 11.2. The van der Waals surface area contributed by atoms with Gasteiger partial charge in [-0.25, -0.2) is 4.98 Å². The molecule has 2 atom stereocenters. The van der Waals surface area contributed by atoms with Gasteiger partial charge in [0.2, 0.25) is 11.8 Å². The maximum Gasteiger partial charge on any atom is 0.308 e. The number of aliphatic carboxylic acids is 1. The van der Waals surface area contributed by atoms with Crippen LogP contribution in [-0.4, -0.2) is 40.7 Å². The van der Waals surface area contributed by atoms with Gasteiger partial charge >= 0.3 is 5.97 Å². The number of hydrogen-bond acceptors (Lipinski definition) is 5. The molecule has 0 spiro atoms. The molecule has 19 heavy (non-hydrogen) atoms. The van der Waals surface area contributed by atoms with Crippen molar-refractivity contribution in [2.75, 3.05) is 24.6 Å². The largest absolute Gasteiger partial charge is 0.481 e. The third kappa shape index (κ3) is 3.13. The quantitative estimate of drug-likeness (QED) is 0.867. The highest BCUT2D eigenvalue weighted by Gasteiger charge is 2.35. The lowest BCUT2D eigenvalue weighted by Crippen LogP contribution is -2.24. The molecule has 0 saturated carbocycles. The summed E-state index contributed by atoms with van der Waals surface area (Å²) < 4.78 is 5.46. The molecule has 6 nitrogen and oxygen atoms in total. The van der Waals surface area contributed by atoms with Crippen LogP contribution in [0.15, 0.2) is 12.3 Å². The first-order valence-corrected chi connectivity index (χ1v) is 6.55. The van der Waals surface area contributed by atoms with Crippen LogP contribution in [0.4, 0.5) is 5.95 Å². The second-order valence-corrected chi connectivity index (χ2v) is 4.87. The molecular formula is C13H19N3O3. The number of carbonyl (C=O) groups is 1. The van der Waals surface area contributed by atoms with E-state index in [1.165, 1.54) is 0 Å². The number of anilines is 1. The third-order valence-corrected chi connectivity index (χ3v) is 3.28. The molecule has 1 aliphatic heterocycles. The van der Waals surface area contributed by atoms with Gasteiger partial charge in [0.05, 0.1) is 12.5 Å². The monoisotopic (exact) mass is 265 g/mol. The number of aromatic nitrogens is 2. The van der Waals surface area contributed by atoms with Crippen LogP contribution in [0.5, 0.6) is 5.88 Å². The molecule has 0 aliphatic carbocycles. The molecule has 2 heterocycles. The second-order valence-electron chi connectivity index (χ2n) is 4.87. The Morgan fingerprint density at radius 1 is 1.58 bits per heavy atom. The van der Waals surface area contributed by atoms with Gasteiger partial charge in [0.15, 0.2) is 0 Å². The van der Waals surface area contributed by atoms with E-state index in [-0.39, 0.29) is 11.8 Å². The van der Waals surface area contributed by atoms with E-state index in [4.69, 9.17) is 9.84 Å². The Hall–Kier alpha value is -1.85. The van der Waals surface area contributed by atoms with E-state index in [1.54, 1.807) is 12.3 Å². The number of carboxylic acids is 1. The lowest BCUT2D eigenvalue weighted by Gasteiger charge is -2.16. The number of ether oxygens (including phenoxy) is 1. The van der Waals surface area contributed by atoms with Crippen molar-refractivity contribution in [1.29, 1.82) is 0 Å². The first kappa shape index (κ1) is 13.6. The van der Waals surface area contributed by atoms with Crippen LogP contribution in [0, 0.1) is 11.8 Å². The normalized spacial score (nSPS) is 22.5. The molecule has 0 amide bonds. The number of hydrogen-bond donors (Lipinski definition) is 1. The minimum absolute atomic E-state index is 0.0984. The molecule has 1 aromatic heterocycles. The molecule has 0 radical (unpaired) electrons. The van der Waals surface area contributed by atoms with Gasteiger partial charge in [0, 0.05) is 25.4 Å². The Morgan fingerprint density at radius 2 is 2.37 bits per heavy atom. The molecule has 0 bridgehead atoms. The maximum atomic E-state index is 11.1. The first-order valence-electron chi connectivity index (χ1n) is 6.55. The van der Waals surface area contributed by atoms with Gasteiger partial charge in [-0.15, -0.1) is 0 Å². The molecule has 1 fully saturated rings. The molecular weight excluding hydrogens is 246 g/mol. The van der Waals surface area contributed by atoms with E-state index >= 15 is 0 Å². The SMILES string of the molecule is CCCOc1ccnc(N2C[C@@H](C)[C@H](C(=O)O)C2)n1. The van der Waals surface area contributed by atoms with Crippen LogP contribution in [0.2, 0.25) is 0 Å². The van der Waals surface area contributed by atoms with Crippen molar-refractivity contribution in [2.45, 2.75) is 20.3 Å². The van der Waals surface area contributed by atoms with Crippen molar-refractivity contribution >= 4 is 11.9 Å². The number of rotatable bonds is 5. The summed E-state index contributed by atoms with van der Waals surface area (Å²) in [4.78, 5) is 21.5. The molecule has 6 heteroatoms. The van der Waals surface area contributed by atoms with Crippen molar-refractivity contribution in [3.05, 3.63) is 12.3 Å². The highest BCUT2D eigenvalue weighted by molar-refractivity contribution is 5.72. The van der Waals surface area contributed by atoms with E-state index < -0.39 is 5.97 Å². The average molecular weight is 265 g/mol. The van der Waals surface area contributed by atoms with Crippen LogP contribution in [0.1, 0.15) is 20.3 Å². The Bertz CT molecular complexity index is 453. The third-order valence-electron chi connectivity index (χ3n) is 3.28.